The number of carbonyl (C=O) groups excluding carboxylic acids is 1. The second-order valence-corrected chi connectivity index (χ2v) is 7.69. The Morgan fingerprint density at radius 2 is 2.19 bits per heavy atom. The first-order chi connectivity index (χ1) is 14.9. The van der Waals surface area contributed by atoms with Gasteiger partial charge >= 0.3 is 0 Å². The number of nitrogens with one attached hydrogen (secondary N) is 1. The number of rotatable bonds is 5. The highest BCUT2D eigenvalue weighted by Gasteiger charge is 2.37. The summed E-state index contributed by atoms with van der Waals surface area (Å²) in [6.07, 6.45) is 3.22. The minimum absolute atomic E-state index is 0.0371. The van der Waals surface area contributed by atoms with E-state index >= 15 is 0 Å². The van der Waals surface area contributed by atoms with E-state index in [-0.39, 0.29) is 34.2 Å². The zero-order valence-electron chi connectivity index (χ0n) is 16.3. The van der Waals surface area contributed by atoms with Crippen molar-refractivity contribution in [1.82, 2.24) is 4.90 Å². The average Bonchev–Trinajstić information content (AvgIpc) is 3.38. The summed E-state index contributed by atoms with van der Waals surface area (Å²) in [5.41, 5.74) is 0.149. The molecule has 2 aliphatic rings. The fraction of sp³-hybridized carbons (Fsp3) is 0.158. The van der Waals surface area contributed by atoms with Crippen molar-refractivity contribution < 1.29 is 18.9 Å². The molecule has 0 aliphatic carbocycles. The van der Waals surface area contributed by atoms with Crippen molar-refractivity contribution in [3.63, 3.8) is 0 Å². The van der Waals surface area contributed by atoms with Gasteiger partial charge in [0.25, 0.3) is 11.6 Å². The molecule has 1 aromatic heterocycles. The topological polar surface area (TPSA) is 134 Å². The van der Waals surface area contributed by atoms with Crippen molar-refractivity contribution in [3.8, 4) is 17.1 Å². The van der Waals surface area contributed by atoms with Gasteiger partial charge in [-0.15, -0.1) is 0 Å². The molecule has 0 saturated heterocycles. The van der Waals surface area contributed by atoms with Crippen LogP contribution in [-0.2, 0) is 4.79 Å². The minimum atomic E-state index is -0.577. The van der Waals surface area contributed by atoms with Gasteiger partial charge in [-0.2, -0.15) is 9.39 Å². The Labute approximate surface area is 184 Å². The molecule has 0 atom stereocenters. The standard InChI is InChI=1S/C19H15N5O5S2/c1-3-28-10-4-6-12(14(9-10)24(26)27)15-7-5-11(29-15)8-13-16(20)23-18(21-17(13)25)31-22-19(23)30-2/h4-9,20H,3H2,1-2H3/b13-8-,20-16?. The molecule has 10 nitrogen and oxygen atoms in total. The van der Waals surface area contributed by atoms with Crippen LogP contribution in [0, 0.1) is 15.5 Å². The maximum atomic E-state index is 12.4. The van der Waals surface area contributed by atoms with E-state index < -0.39 is 10.8 Å². The molecular formula is C19H15N5O5S2. The van der Waals surface area contributed by atoms with Crippen molar-refractivity contribution in [2.75, 3.05) is 12.9 Å². The van der Waals surface area contributed by atoms with Crippen LogP contribution in [0.25, 0.3) is 17.4 Å². The Balaban J connectivity index is 1.68. The molecule has 0 bridgehead atoms. The Morgan fingerprint density at radius 1 is 1.39 bits per heavy atom. The minimum Gasteiger partial charge on any atom is -0.494 e. The van der Waals surface area contributed by atoms with Crippen molar-refractivity contribution in [3.05, 3.63) is 51.8 Å². The molecule has 0 saturated carbocycles. The van der Waals surface area contributed by atoms with E-state index in [1.54, 1.807) is 31.2 Å². The van der Waals surface area contributed by atoms with Gasteiger partial charge in [0.05, 0.1) is 40.7 Å². The predicted molar refractivity (Wildman–Crippen MR) is 120 cm³/mol. The van der Waals surface area contributed by atoms with E-state index in [2.05, 4.69) is 9.39 Å². The second kappa shape index (κ2) is 8.40. The normalized spacial score (nSPS) is 17.0. The number of nitro benzene ring substituents is 1. The number of nitro groups is 1. The average molecular weight is 457 g/mol. The monoisotopic (exact) mass is 457 g/mol. The summed E-state index contributed by atoms with van der Waals surface area (Å²) < 4.78 is 15.3. The third-order valence-electron chi connectivity index (χ3n) is 4.33. The summed E-state index contributed by atoms with van der Waals surface area (Å²) in [7, 11) is 0. The first kappa shape index (κ1) is 20.9. The summed E-state index contributed by atoms with van der Waals surface area (Å²) in [5, 5.41) is 20.8. The third kappa shape index (κ3) is 3.86. The summed E-state index contributed by atoms with van der Waals surface area (Å²) in [4.78, 5) is 28.9. The number of amidine groups is 3. The summed E-state index contributed by atoms with van der Waals surface area (Å²) >= 11 is 2.38. The Morgan fingerprint density at radius 3 is 2.90 bits per heavy atom. The van der Waals surface area contributed by atoms with Gasteiger partial charge in [-0.05, 0) is 43.5 Å². The fourth-order valence-corrected chi connectivity index (χ4v) is 4.43. The van der Waals surface area contributed by atoms with Crippen LogP contribution in [0.15, 0.2) is 49.7 Å². The summed E-state index contributed by atoms with van der Waals surface area (Å²) in [6.45, 7) is 2.18. The zero-order valence-corrected chi connectivity index (χ0v) is 18.0. The van der Waals surface area contributed by atoms with Gasteiger partial charge in [0.15, 0.2) is 5.17 Å². The number of nitrogens with zero attached hydrogens (tertiary/aromatic N) is 4. The number of amides is 1. The van der Waals surface area contributed by atoms with Gasteiger partial charge in [-0.25, -0.2) is 4.90 Å². The van der Waals surface area contributed by atoms with Crippen LogP contribution in [0.4, 0.5) is 5.69 Å². The molecule has 3 heterocycles. The Kier molecular flexibility index (Phi) is 5.65. The van der Waals surface area contributed by atoms with Crippen LogP contribution < -0.4 is 4.74 Å². The van der Waals surface area contributed by atoms with Crippen LogP contribution in [0.1, 0.15) is 12.7 Å². The van der Waals surface area contributed by atoms with Gasteiger partial charge in [0.2, 0.25) is 5.17 Å². The van der Waals surface area contributed by atoms with Crippen molar-refractivity contribution in [2.45, 2.75) is 6.92 Å². The lowest BCUT2D eigenvalue weighted by atomic mass is 10.1. The predicted octanol–water partition coefficient (Wildman–Crippen LogP) is 4.19. The van der Waals surface area contributed by atoms with E-state index in [0.717, 1.165) is 11.9 Å². The number of ether oxygens (including phenoxy) is 1. The second-order valence-electron chi connectivity index (χ2n) is 6.18. The van der Waals surface area contributed by atoms with Gasteiger partial charge in [0, 0.05) is 0 Å². The van der Waals surface area contributed by atoms with Gasteiger partial charge in [0.1, 0.15) is 23.1 Å². The zero-order chi connectivity index (χ0) is 22.1. The SMILES string of the molecule is CCOc1ccc(-c2ccc(/C=C3/C(=N)N4C(SC)=NSC4=NC3=O)o2)c([N+](=O)[O-])c1. The molecule has 0 spiro atoms. The molecule has 0 radical (unpaired) electrons. The Bertz CT molecular complexity index is 1200. The van der Waals surface area contributed by atoms with Gasteiger partial charge in [-0.1, -0.05) is 11.8 Å². The highest BCUT2D eigenvalue weighted by Crippen LogP contribution is 2.35. The highest BCUT2D eigenvalue weighted by atomic mass is 32.2. The number of thioether (sulfide) groups is 1. The maximum Gasteiger partial charge on any atom is 0.284 e. The van der Waals surface area contributed by atoms with Crippen LogP contribution >= 0.6 is 23.7 Å². The Hall–Kier alpha value is -3.38. The van der Waals surface area contributed by atoms with E-state index in [4.69, 9.17) is 14.6 Å². The largest absolute Gasteiger partial charge is 0.494 e. The smallest absolute Gasteiger partial charge is 0.284 e. The molecule has 31 heavy (non-hydrogen) atoms. The molecule has 0 unspecified atom stereocenters. The fourth-order valence-electron chi connectivity index (χ4n) is 2.98. The third-order valence-corrected chi connectivity index (χ3v) is 5.79. The van der Waals surface area contributed by atoms with E-state index in [1.165, 1.54) is 28.8 Å². The molecule has 1 aromatic carbocycles. The van der Waals surface area contributed by atoms with Crippen molar-refractivity contribution in [2.24, 2.45) is 9.39 Å². The molecule has 1 amide bonds. The maximum absolute atomic E-state index is 12.4. The first-order valence-electron chi connectivity index (χ1n) is 8.97. The first-order valence-corrected chi connectivity index (χ1v) is 11.0. The number of fused-ring (bicyclic) bond motifs is 1. The molecule has 158 valence electrons. The lowest BCUT2D eigenvalue weighted by Crippen LogP contribution is -2.41. The number of carbonyl (C=O) groups is 1. The quantitative estimate of drug-likeness (QED) is 0.306. The molecule has 4 rings (SSSR count). The summed E-state index contributed by atoms with van der Waals surface area (Å²) in [5.74, 6) is 0.268. The van der Waals surface area contributed by atoms with Crippen LogP contribution in [0.2, 0.25) is 0 Å². The molecular weight excluding hydrogens is 442 g/mol. The number of furan rings is 1. The molecule has 2 aromatic rings. The van der Waals surface area contributed by atoms with E-state index in [0.29, 0.717) is 22.7 Å². The van der Waals surface area contributed by atoms with Crippen LogP contribution in [0.3, 0.4) is 0 Å². The number of benzene rings is 1. The van der Waals surface area contributed by atoms with Gasteiger partial charge < -0.3 is 9.15 Å². The summed E-state index contributed by atoms with van der Waals surface area (Å²) in [6, 6.07) is 7.65. The van der Waals surface area contributed by atoms with Crippen LogP contribution in [0.5, 0.6) is 5.75 Å². The van der Waals surface area contributed by atoms with Crippen molar-refractivity contribution >= 4 is 57.6 Å². The van der Waals surface area contributed by atoms with Crippen LogP contribution in [-0.4, -0.2) is 44.8 Å². The highest BCUT2D eigenvalue weighted by molar-refractivity contribution is 8.18. The number of aliphatic imine (C=N–C) groups is 1. The lowest BCUT2D eigenvalue weighted by molar-refractivity contribution is -0.384. The van der Waals surface area contributed by atoms with E-state index in [9.17, 15) is 14.9 Å². The lowest BCUT2D eigenvalue weighted by Gasteiger charge is -2.23. The molecule has 0 fully saturated rings. The number of hydrogen-bond donors (Lipinski definition) is 1. The van der Waals surface area contributed by atoms with E-state index in [1.807, 2.05) is 6.26 Å². The van der Waals surface area contributed by atoms with Crippen molar-refractivity contribution in [1.29, 1.82) is 5.41 Å². The molecule has 12 heteroatoms. The number of hydrogen-bond acceptors (Lipinski definition) is 9. The molecule has 1 N–H and O–H groups in total. The molecule has 2 aliphatic heterocycles. The van der Waals surface area contributed by atoms with Gasteiger partial charge in [-0.3, -0.25) is 20.3 Å².